The molecule has 1 aromatic heterocycles. The Balaban J connectivity index is 2.17. The molecule has 0 aliphatic heterocycles. The fourth-order valence-electron chi connectivity index (χ4n) is 1.91. The lowest BCUT2D eigenvalue weighted by Gasteiger charge is -2.08. The molecule has 21 heavy (non-hydrogen) atoms. The molecule has 0 aliphatic carbocycles. The Morgan fingerprint density at radius 3 is 2.71 bits per heavy atom. The molecule has 1 heterocycles. The predicted octanol–water partition coefficient (Wildman–Crippen LogP) is 3.47. The molecule has 2 aromatic carbocycles. The van der Waals surface area contributed by atoms with Gasteiger partial charge >= 0.3 is 0 Å². The van der Waals surface area contributed by atoms with Crippen molar-refractivity contribution in [3.05, 3.63) is 51.7 Å². The maximum absolute atomic E-state index is 13.2. The molecule has 0 saturated heterocycles. The van der Waals surface area contributed by atoms with Gasteiger partial charge in [-0.2, -0.15) is 4.68 Å². The molecule has 0 aliphatic rings. The van der Waals surface area contributed by atoms with E-state index in [1.54, 1.807) is 24.3 Å². The monoisotopic (exact) mass is 367 g/mol. The SMILES string of the molecule is Nc1cc(Cl)ccc1-c1nnnn1-c1ccc(F)cc1Br. The lowest BCUT2D eigenvalue weighted by Crippen LogP contribution is -2.02. The van der Waals surface area contributed by atoms with Crippen LogP contribution in [0, 0.1) is 5.82 Å². The summed E-state index contributed by atoms with van der Waals surface area (Å²) in [5, 5.41) is 12.1. The highest BCUT2D eigenvalue weighted by Gasteiger charge is 2.15. The topological polar surface area (TPSA) is 69.6 Å². The lowest BCUT2D eigenvalue weighted by atomic mass is 10.1. The first-order chi connectivity index (χ1) is 10.1. The molecule has 2 N–H and O–H groups in total. The van der Waals surface area contributed by atoms with Crippen LogP contribution in [0.25, 0.3) is 17.1 Å². The van der Waals surface area contributed by atoms with Gasteiger partial charge < -0.3 is 5.73 Å². The zero-order valence-electron chi connectivity index (χ0n) is 10.5. The number of hydrogen-bond acceptors (Lipinski definition) is 4. The van der Waals surface area contributed by atoms with Crippen LogP contribution < -0.4 is 5.73 Å². The molecule has 0 unspecified atom stereocenters. The van der Waals surface area contributed by atoms with Crippen molar-refractivity contribution in [1.82, 2.24) is 20.2 Å². The second-order valence-electron chi connectivity index (χ2n) is 4.24. The maximum Gasteiger partial charge on any atom is 0.189 e. The molecule has 0 atom stereocenters. The maximum atomic E-state index is 13.2. The van der Waals surface area contributed by atoms with E-state index in [1.165, 1.54) is 16.8 Å². The predicted molar refractivity (Wildman–Crippen MR) is 81.7 cm³/mol. The van der Waals surface area contributed by atoms with Crippen molar-refractivity contribution in [2.45, 2.75) is 0 Å². The Hall–Kier alpha value is -1.99. The first kappa shape index (κ1) is 14.0. The average molecular weight is 369 g/mol. The number of hydrogen-bond donors (Lipinski definition) is 1. The third kappa shape index (κ3) is 2.62. The first-order valence-electron chi connectivity index (χ1n) is 5.85. The van der Waals surface area contributed by atoms with Gasteiger partial charge in [-0.05, 0) is 62.8 Å². The zero-order chi connectivity index (χ0) is 15.0. The fraction of sp³-hybridized carbons (Fsp3) is 0. The molecule has 0 radical (unpaired) electrons. The van der Waals surface area contributed by atoms with Crippen LogP contribution in [0.3, 0.4) is 0 Å². The Morgan fingerprint density at radius 1 is 1.19 bits per heavy atom. The number of rotatable bonds is 2. The van der Waals surface area contributed by atoms with Crippen LogP contribution in [0.2, 0.25) is 5.02 Å². The van der Waals surface area contributed by atoms with Crippen LogP contribution in [-0.2, 0) is 0 Å². The van der Waals surface area contributed by atoms with Crippen molar-refractivity contribution in [2.24, 2.45) is 0 Å². The highest BCUT2D eigenvalue weighted by molar-refractivity contribution is 9.10. The highest BCUT2D eigenvalue weighted by Crippen LogP contribution is 2.30. The van der Waals surface area contributed by atoms with Crippen LogP contribution in [0.4, 0.5) is 10.1 Å². The minimum atomic E-state index is -0.355. The summed E-state index contributed by atoms with van der Waals surface area (Å²) in [6, 6.07) is 9.30. The molecule has 3 rings (SSSR count). The van der Waals surface area contributed by atoms with Gasteiger partial charge in [-0.1, -0.05) is 11.6 Å². The number of nitrogens with zero attached hydrogens (tertiary/aromatic N) is 4. The van der Waals surface area contributed by atoms with E-state index >= 15 is 0 Å². The normalized spacial score (nSPS) is 10.8. The van der Waals surface area contributed by atoms with Crippen LogP contribution in [0.5, 0.6) is 0 Å². The van der Waals surface area contributed by atoms with Crippen LogP contribution >= 0.6 is 27.5 Å². The van der Waals surface area contributed by atoms with E-state index in [0.717, 1.165) is 0 Å². The summed E-state index contributed by atoms with van der Waals surface area (Å²) in [5.74, 6) is 0.0859. The molecule has 8 heteroatoms. The van der Waals surface area contributed by atoms with Crippen molar-refractivity contribution in [2.75, 3.05) is 5.73 Å². The number of aromatic nitrogens is 4. The van der Waals surface area contributed by atoms with Crippen LogP contribution in [0.15, 0.2) is 40.9 Å². The van der Waals surface area contributed by atoms with E-state index in [0.29, 0.717) is 32.3 Å². The lowest BCUT2D eigenvalue weighted by molar-refractivity contribution is 0.625. The minimum Gasteiger partial charge on any atom is -0.398 e. The number of halogens is 3. The molecule has 0 amide bonds. The number of anilines is 1. The molecule has 0 bridgehead atoms. The first-order valence-corrected chi connectivity index (χ1v) is 7.02. The second kappa shape index (κ2) is 5.42. The molecule has 0 saturated carbocycles. The average Bonchev–Trinajstić information content (AvgIpc) is 2.87. The molecule has 0 spiro atoms. The smallest absolute Gasteiger partial charge is 0.189 e. The quantitative estimate of drug-likeness (QED) is 0.703. The van der Waals surface area contributed by atoms with Crippen molar-refractivity contribution < 1.29 is 4.39 Å². The Labute approximate surface area is 132 Å². The molecular weight excluding hydrogens is 361 g/mol. The van der Waals surface area contributed by atoms with E-state index in [4.69, 9.17) is 17.3 Å². The summed E-state index contributed by atoms with van der Waals surface area (Å²) < 4.78 is 15.2. The van der Waals surface area contributed by atoms with Crippen molar-refractivity contribution in [3.63, 3.8) is 0 Å². The Kier molecular flexibility index (Phi) is 3.60. The van der Waals surface area contributed by atoms with Gasteiger partial charge in [0.25, 0.3) is 0 Å². The second-order valence-corrected chi connectivity index (χ2v) is 5.53. The molecule has 106 valence electrons. The van der Waals surface area contributed by atoms with E-state index in [-0.39, 0.29) is 5.82 Å². The molecule has 0 fully saturated rings. The molecule has 5 nitrogen and oxygen atoms in total. The summed E-state index contributed by atoms with van der Waals surface area (Å²) in [7, 11) is 0. The van der Waals surface area contributed by atoms with Gasteiger partial charge in [0.2, 0.25) is 0 Å². The Morgan fingerprint density at radius 2 is 2.00 bits per heavy atom. The summed E-state index contributed by atoms with van der Waals surface area (Å²) in [6.07, 6.45) is 0. The summed E-state index contributed by atoms with van der Waals surface area (Å²) in [6.45, 7) is 0. The van der Waals surface area contributed by atoms with Gasteiger partial charge in [-0.3, -0.25) is 0 Å². The highest BCUT2D eigenvalue weighted by atomic mass is 79.9. The van der Waals surface area contributed by atoms with Crippen molar-refractivity contribution in [1.29, 1.82) is 0 Å². The van der Waals surface area contributed by atoms with Gasteiger partial charge in [-0.25, -0.2) is 4.39 Å². The molecule has 3 aromatic rings. The Bertz CT molecular complexity index is 754. The third-order valence-electron chi connectivity index (χ3n) is 2.86. The largest absolute Gasteiger partial charge is 0.398 e. The zero-order valence-corrected chi connectivity index (χ0v) is 12.8. The van der Waals surface area contributed by atoms with Gasteiger partial charge in [0.1, 0.15) is 5.82 Å². The minimum absolute atomic E-state index is 0.355. The van der Waals surface area contributed by atoms with Gasteiger partial charge in [0.15, 0.2) is 5.82 Å². The number of tetrazole rings is 1. The number of nitrogens with two attached hydrogens (primary N) is 1. The van der Waals surface area contributed by atoms with Gasteiger partial charge in [-0.15, -0.1) is 5.10 Å². The fourth-order valence-corrected chi connectivity index (χ4v) is 2.61. The molecular formula is C13H8BrClFN5. The third-order valence-corrected chi connectivity index (χ3v) is 3.73. The number of nitrogen functional groups attached to an aromatic ring is 1. The van der Waals surface area contributed by atoms with E-state index in [2.05, 4.69) is 31.5 Å². The summed E-state index contributed by atoms with van der Waals surface area (Å²) in [4.78, 5) is 0. The standard InChI is InChI=1S/C13H8BrClFN5/c14-10-6-8(16)2-4-12(10)21-13(18-19-20-21)9-3-1-7(15)5-11(9)17/h1-6H,17H2. The summed E-state index contributed by atoms with van der Waals surface area (Å²) >= 11 is 9.19. The van der Waals surface area contributed by atoms with Crippen LogP contribution in [-0.4, -0.2) is 20.2 Å². The van der Waals surface area contributed by atoms with E-state index in [9.17, 15) is 4.39 Å². The van der Waals surface area contributed by atoms with Crippen molar-refractivity contribution >= 4 is 33.2 Å². The summed E-state index contributed by atoms with van der Waals surface area (Å²) in [5.41, 5.74) is 7.65. The van der Waals surface area contributed by atoms with Crippen LogP contribution in [0.1, 0.15) is 0 Å². The number of benzene rings is 2. The van der Waals surface area contributed by atoms with Gasteiger partial charge in [0.05, 0.1) is 5.69 Å². The van der Waals surface area contributed by atoms with Crippen molar-refractivity contribution in [3.8, 4) is 17.1 Å². The van der Waals surface area contributed by atoms with E-state index in [1.807, 2.05) is 0 Å². The van der Waals surface area contributed by atoms with E-state index < -0.39 is 0 Å². The van der Waals surface area contributed by atoms with Gasteiger partial charge in [0, 0.05) is 20.7 Å².